The van der Waals surface area contributed by atoms with Crippen molar-refractivity contribution in [3.8, 4) is 11.5 Å². The average molecular weight is 374 g/mol. The van der Waals surface area contributed by atoms with Crippen LogP contribution in [0, 0.1) is 5.82 Å². The first-order valence-corrected chi connectivity index (χ1v) is 8.39. The molecule has 0 aromatic heterocycles. The summed E-state index contributed by atoms with van der Waals surface area (Å²) in [6.45, 7) is 2.43. The van der Waals surface area contributed by atoms with Crippen LogP contribution in [0.1, 0.15) is 6.92 Å². The van der Waals surface area contributed by atoms with Crippen molar-refractivity contribution in [3.05, 3.63) is 48.3 Å². The van der Waals surface area contributed by atoms with Crippen molar-refractivity contribution in [3.63, 3.8) is 0 Å². The molecule has 0 fully saturated rings. The summed E-state index contributed by atoms with van der Waals surface area (Å²) in [6.07, 6.45) is 0. The molecule has 144 valence electrons. The number of guanidine groups is 1. The summed E-state index contributed by atoms with van der Waals surface area (Å²) in [6, 6.07) is 10.9. The van der Waals surface area contributed by atoms with Crippen LogP contribution in [-0.2, 0) is 4.79 Å². The minimum Gasteiger partial charge on any atom is -0.493 e. The van der Waals surface area contributed by atoms with Crippen LogP contribution in [0.5, 0.6) is 11.5 Å². The molecule has 2 aromatic rings. The molecule has 2 aromatic carbocycles. The highest BCUT2D eigenvalue weighted by atomic mass is 19.1. The third-order valence-corrected chi connectivity index (χ3v) is 3.49. The molecule has 0 radical (unpaired) electrons. The minimum atomic E-state index is -0.360. The largest absolute Gasteiger partial charge is 0.493 e. The van der Waals surface area contributed by atoms with Gasteiger partial charge in [-0.3, -0.25) is 9.79 Å². The minimum absolute atomic E-state index is 0.00872. The van der Waals surface area contributed by atoms with E-state index < -0.39 is 0 Å². The van der Waals surface area contributed by atoms with Crippen molar-refractivity contribution in [1.29, 1.82) is 0 Å². The number of aliphatic imine (C=N–C) groups is 1. The summed E-state index contributed by atoms with van der Waals surface area (Å²) in [5, 5.41) is 8.65. The van der Waals surface area contributed by atoms with Crippen LogP contribution in [0.2, 0.25) is 0 Å². The van der Waals surface area contributed by atoms with Gasteiger partial charge in [-0.1, -0.05) is 0 Å². The summed E-state index contributed by atoms with van der Waals surface area (Å²) in [4.78, 5) is 16.1. The topological polar surface area (TPSA) is 84.0 Å². The number of rotatable bonds is 7. The SMILES string of the molecule is CCOc1ccc(NC(=NC)NCC(=O)Nc2ccc(F)cc2)cc1OC. The summed E-state index contributed by atoms with van der Waals surface area (Å²) < 4.78 is 23.7. The number of anilines is 2. The molecule has 0 saturated heterocycles. The van der Waals surface area contributed by atoms with Crippen molar-refractivity contribution in [2.45, 2.75) is 6.92 Å². The molecule has 0 unspecified atom stereocenters. The van der Waals surface area contributed by atoms with Gasteiger partial charge in [-0.25, -0.2) is 4.39 Å². The monoisotopic (exact) mass is 374 g/mol. The zero-order chi connectivity index (χ0) is 19.6. The Morgan fingerprint density at radius 3 is 2.41 bits per heavy atom. The molecule has 0 aliphatic carbocycles. The van der Waals surface area contributed by atoms with Crippen LogP contribution in [0.25, 0.3) is 0 Å². The predicted molar refractivity (Wildman–Crippen MR) is 104 cm³/mol. The molecule has 0 aliphatic heterocycles. The number of carbonyl (C=O) groups excluding carboxylic acids is 1. The van der Waals surface area contributed by atoms with Gasteiger partial charge in [-0.2, -0.15) is 0 Å². The van der Waals surface area contributed by atoms with Crippen LogP contribution in [0.3, 0.4) is 0 Å². The third kappa shape index (κ3) is 6.18. The lowest BCUT2D eigenvalue weighted by molar-refractivity contribution is -0.115. The standard InChI is InChI=1S/C19H23FN4O3/c1-4-27-16-10-9-15(11-17(16)26-3)24-19(21-2)22-12-18(25)23-14-7-5-13(20)6-8-14/h5-11H,4,12H2,1-3H3,(H,23,25)(H2,21,22,24). The van der Waals surface area contributed by atoms with Gasteiger partial charge < -0.3 is 25.4 Å². The van der Waals surface area contributed by atoms with Gasteiger partial charge in [-0.15, -0.1) is 0 Å². The van der Waals surface area contributed by atoms with Gasteiger partial charge in [0, 0.05) is 24.5 Å². The first-order valence-electron chi connectivity index (χ1n) is 8.39. The Hall–Kier alpha value is -3.29. The number of nitrogens with zero attached hydrogens (tertiary/aromatic N) is 1. The third-order valence-electron chi connectivity index (χ3n) is 3.49. The molecule has 0 atom stereocenters. The molecule has 0 spiro atoms. The maximum atomic E-state index is 12.9. The summed E-state index contributed by atoms with van der Waals surface area (Å²) in [5.74, 6) is 1.00. The zero-order valence-electron chi connectivity index (χ0n) is 15.5. The molecule has 0 bridgehead atoms. The Labute approximate surface area is 157 Å². The number of carbonyl (C=O) groups is 1. The zero-order valence-corrected chi connectivity index (χ0v) is 15.5. The number of methoxy groups -OCH3 is 1. The Morgan fingerprint density at radius 2 is 1.78 bits per heavy atom. The first-order chi connectivity index (χ1) is 13.0. The molecule has 2 rings (SSSR count). The van der Waals surface area contributed by atoms with Crippen LogP contribution >= 0.6 is 0 Å². The number of nitrogens with one attached hydrogen (secondary N) is 3. The van der Waals surface area contributed by atoms with Crippen LogP contribution < -0.4 is 25.4 Å². The fourth-order valence-electron chi connectivity index (χ4n) is 2.24. The maximum absolute atomic E-state index is 12.9. The molecule has 0 heterocycles. The number of amides is 1. The van der Waals surface area contributed by atoms with Crippen molar-refractivity contribution in [1.82, 2.24) is 5.32 Å². The van der Waals surface area contributed by atoms with Gasteiger partial charge in [0.2, 0.25) is 5.91 Å². The fourth-order valence-corrected chi connectivity index (χ4v) is 2.24. The highest BCUT2D eigenvalue weighted by molar-refractivity contribution is 5.99. The van der Waals surface area contributed by atoms with E-state index in [0.29, 0.717) is 29.8 Å². The molecule has 7 nitrogen and oxygen atoms in total. The molecular formula is C19H23FN4O3. The number of hydrogen-bond donors (Lipinski definition) is 3. The Balaban J connectivity index is 1.91. The summed E-state index contributed by atoms with van der Waals surface area (Å²) in [5.41, 5.74) is 1.24. The average Bonchev–Trinajstić information content (AvgIpc) is 2.68. The van der Waals surface area contributed by atoms with Crippen molar-refractivity contribution in [2.24, 2.45) is 4.99 Å². The van der Waals surface area contributed by atoms with Crippen LogP contribution in [-0.4, -0.2) is 39.2 Å². The molecule has 27 heavy (non-hydrogen) atoms. The summed E-state index contributed by atoms with van der Waals surface area (Å²) in [7, 11) is 3.16. The number of ether oxygens (including phenoxy) is 2. The lowest BCUT2D eigenvalue weighted by Gasteiger charge is -2.14. The highest BCUT2D eigenvalue weighted by Crippen LogP contribution is 2.30. The van der Waals surface area contributed by atoms with Gasteiger partial charge in [0.05, 0.1) is 20.3 Å². The van der Waals surface area contributed by atoms with Crippen molar-refractivity contribution in [2.75, 3.05) is 37.9 Å². The van der Waals surface area contributed by atoms with E-state index in [1.165, 1.54) is 24.3 Å². The van der Waals surface area contributed by atoms with E-state index in [4.69, 9.17) is 9.47 Å². The van der Waals surface area contributed by atoms with Gasteiger partial charge in [0.1, 0.15) is 5.82 Å². The lowest BCUT2D eigenvalue weighted by Crippen LogP contribution is -2.37. The number of hydrogen-bond acceptors (Lipinski definition) is 4. The molecular weight excluding hydrogens is 351 g/mol. The predicted octanol–water partition coefficient (Wildman–Crippen LogP) is 2.86. The van der Waals surface area contributed by atoms with Crippen molar-refractivity contribution >= 4 is 23.2 Å². The molecule has 0 saturated carbocycles. The van der Waals surface area contributed by atoms with Gasteiger partial charge in [-0.05, 0) is 43.3 Å². The summed E-state index contributed by atoms with van der Waals surface area (Å²) >= 11 is 0. The maximum Gasteiger partial charge on any atom is 0.243 e. The van der Waals surface area contributed by atoms with E-state index in [1.54, 1.807) is 26.3 Å². The Morgan fingerprint density at radius 1 is 1.07 bits per heavy atom. The van der Waals surface area contributed by atoms with E-state index in [-0.39, 0.29) is 18.3 Å². The van der Waals surface area contributed by atoms with E-state index in [9.17, 15) is 9.18 Å². The second kappa shape index (κ2) is 10.0. The van der Waals surface area contributed by atoms with Gasteiger partial charge in [0.25, 0.3) is 0 Å². The quantitative estimate of drug-likeness (QED) is 0.513. The number of benzene rings is 2. The van der Waals surface area contributed by atoms with E-state index in [2.05, 4.69) is 20.9 Å². The first kappa shape index (κ1) is 20.0. The van der Waals surface area contributed by atoms with Gasteiger partial charge in [0.15, 0.2) is 17.5 Å². The van der Waals surface area contributed by atoms with Crippen LogP contribution in [0.15, 0.2) is 47.5 Å². The van der Waals surface area contributed by atoms with E-state index in [1.807, 2.05) is 13.0 Å². The Kier molecular flexibility index (Phi) is 7.42. The normalized spacial score (nSPS) is 10.9. The Bertz CT molecular complexity index is 794. The number of halogens is 1. The molecule has 8 heteroatoms. The molecule has 0 aliphatic rings. The lowest BCUT2D eigenvalue weighted by atomic mass is 10.2. The fraction of sp³-hybridized carbons (Fsp3) is 0.263. The molecule has 1 amide bonds. The smallest absolute Gasteiger partial charge is 0.243 e. The van der Waals surface area contributed by atoms with E-state index in [0.717, 1.165) is 5.69 Å². The van der Waals surface area contributed by atoms with Gasteiger partial charge >= 0.3 is 0 Å². The second-order valence-electron chi connectivity index (χ2n) is 5.40. The van der Waals surface area contributed by atoms with Crippen LogP contribution in [0.4, 0.5) is 15.8 Å². The van der Waals surface area contributed by atoms with E-state index >= 15 is 0 Å². The molecule has 3 N–H and O–H groups in total. The highest BCUT2D eigenvalue weighted by Gasteiger charge is 2.08. The van der Waals surface area contributed by atoms with Crippen molar-refractivity contribution < 1.29 is 18.7 Å². The second-order valence-corrected chi connectivity index (χ2v) is 5.40.